The molecule has 3 heterocycles. The maximum Gasteiger partial charge on any atom is 0.283 e. The zero-order valence-electron chi connectivity index (χ0n) is 15.1. The van der Waals surface area contributed by atoms with Gasteiger partial charge in [0.2, 0.25) is 12.7 Å². The van der Waals surface area contributed by atoms with Gasteiger partial charge >= 0.3 is 0 Å². The van der Waals surface area contributed by atoms with E-state index in [2.05, 4.69) is 10.2 Å². The summed E-state index contributed by atoms with van der Waals surface area (Å²) >= 11 is 5.90. The van der Waals surface area contributed by atoms with Crippen LogP contribution in [0.4, 0.5) is 0 Å². The fraction of sp³-hybridized carbons (Fsp3) is 0.143. The van der Waals surface area contributed by atoms with E-state index < -0.39 is 0 Å². The molecule has 1 aliphatic heterocycles. The van der Waals surface area contributed by atoms with E-state index in [4.69, 9.17) is 34.6 Å². The number of ether oxygens (including phenoxy) is 3. The molecule has 2 aromatic carbocycles. The number of fused-ring (bicyclic) bond motifs is 1. The topological polar surface area (TPSA) is 79.8 Å². The zero-order valence-corrected chi connectivity index (χ0v) is 15.9. The van der Waals surface area contributed by atoms with E-state index in [0.29, 0.717) is 52.0 Å². The largest absolute Gasteiger partial charge is 0.486 e. The number of hydrogen-bond donors (Lipinski definition) is 0. The summed E-state index contributed by atoms with van der Waals surface area (Å²) < 4.78 is 27.9. The van der Waals surface area contributed by atoms with Crippen LogP contribution in [0.15, 0.2) is 63.4 Å². The van der Waals surface area contributed by atoms with Gasteiger partial charge in [0.15, 0.2) is 17.3 Å². The SMILES string of the molecule is Clc1ccc(Cc2nnc(-c3ccc(COc4ccc5c(c4)OCO5)o3)o2)cc1. The van der Waals surface area contributed by atoms with Crippen LogP contribution in [0.2, 0.25) is 5.02 Å². The lowest BCUT2D eigenvalue weighted by Crippen LogP contribution is -1.94. The maximum absolute atomic E-state index is 5.90. The third-order valence-electron chi connectivity index (χ3n) is 4.33. The van der Waals surface area contributed by atoms with Crippen molar-refractivity contribution < 1.29 is 23.0 Å². The Hall–Kier alpha value is -3.45. The van der Waals surface area contributed by atoms with Gasteiger partial charge in [-0.2, -0.15) is 0 Å². The minimum absolute atomic E-state index is 0.227. The lowest BCUT2D eigenvalue weighted by atomic mass is 10.1. The first-order valence-electron chi connectivity index (χ1n) is 8.91. The third-order valence-corrected chi connectivity index (χ3v) is 4.58. The number of aromatic nitrogens is 2. The second-order valence-corrected chi connectivity index (χ2v) is 6.81. The van der Waals surface area contributed by atoms with Crippen LogP contribution in [0.1, 0.15) is 17.2 Å². The first-order chi connectivity index (χ1) is 14.2. The van der Waals surface area contributed by atoms with Crippen LogP contribution in [0.3, 0.4) is 0 Å². The molecule has 0 aliphatic carbocycles. The Bertz CT molecular complexity index is 1140. The molecular weight excluding hydrogens is 396 g/mol. The monoisotopic (exact) mass is 410 g/mol. The fourth-order valence-electron chi connectivity index (χ4n) is 2.89. The van der Waals surface area contributed by atoms with E-state index in [0.717, 1.165) is 5.56 Å². The van der Waals surface area contributed by atoms with Crippen molar-refractivity contribution in [1.82, 2.24) is 10.2 Å². The molecule has 4 aromatic rings. The standard InChI is InChI=1S/C21H15ClN2O5/c22-14-3-1-13(2-4-14)9-20-23-24-21(29-20)18-8-6-16(28-18)11-25-15-5-7-17-19(10-15)27-12-26-17/h1-8,10H,9,11-12H2. The summed E-state index contributed by atoms with van der Waals surface area (Å²) in [4.78, 5) is 0. The predicted molar refractivity (Wildman–Crippen MR) is 103 cm³/mol. The predicted octanol–water partition coefficient (Wildman–Crippen LogP) is 4.88. The molecule has 0 bridgehead atoms. The molecule has 0 saturated heterocycles. The second kappa shape index (κ2) is 7.52. The highest BCUT2D eigenvalue weighted by Gasteiger charge is 2.16. The summed E-state index contributed by atoms with van der Waals surface area (Å²) in [5.74, 6) is 3.99. The molecule has 0 amide bonds. The van der Waals surface area contributed by atoms with Gasteiger partial charge in [-0.15, -0.1) is 10.2 Å². The van der Waals surface area contributed by atoms with Crippen molar-refractivity contribution in [3.05, 3.63) is 76.8 Å². The highest BCUT2D eigenvalue weighted by Crippen LogP contribution is 2.35. The first-order valence-corrected chi connectivity index (χ1v) is 9.29. The third kappa shape index (κ3) is 3.90. The summed E-state index contributed by atoms with van der Waals surface area (Å²) in [6.07, 6.45) is 0.519. The molecule has 0 fully saturated rings. The highest BCUT2D eigenvalue weighted by atomic mass is 35.5. The van der Waals surface area contributed by atoms with Gasteiger partial charge in [0.05, 0.1) is 6.42 Å². The van der Waals surface area contributed by atoms with Crippen molar-refractivity contribution in [3.63, 3.8) is 0 Å². The molecule has 0 spiro atoms. The van der Waals surface area contributed by atoms with Crippen molar-refractivity contribution in [2.45, 2.75) is 13.0 Å². The summed E-state index contributed by atoms with van der Waals surface area (Å²) in [5, 5.41) is 8.83. The zero-order chi connectivity index (χ0) is 19.6. The highest BCUT2D eigenvalue weighted by molar-refractivity contribution is 6.30. The molecule has 0 radical (unpaired) electrons. The molecule has 29 heavy (non-hydrogen) atoms. The van der Waals surface area contributed by atoms with E-state index in [1.807, 2.05) is 42.5 Å². The average molecular weight is 411 g/mol. The molecule has 0 N–H and O–H groups in total. The molecule has 0 unspecified atom stereocenters. The molecule has 8 heteroatoms. The van der Waals surface area contributed by atoms with Crippen molar-refractivity contribution >= 4 is 11.6 Å². The van der Waals surface area contributed by atoms with E-state index in [1.54, 1.807) is 12.1 Å². The van der Waals surface area contributed by atoms with Gasteiger partial charge in [0, 0.05) is 11.1 Å². The molecule has 1 aliphatic rings. The van der Waals surface area contributed by atoms with Crippen LogP contribution in [0, 0.1) is 0 Å². The van der Waals surface area contributed by atoms with Gasteiger partial charge in [-0.1, -0.05) is 23.7 Å². The fourth-order valence-corrected chi connectivity index (χ4v) is 3.02. The Kier molecular flexibility index (Phi) is 4.57. The second-order valence-electron chi connectivity index (χ2n) is 6.37. The van der Waals surface area contributed by atoms with Crippen molar-refractivity contribution in [2.75, 3.05) is 6.79 Å². The van der Waals surface area contributed by atoms with E-state index >= 15 is 0 Å². The first kappa shape index (κ1) is 17.6. The number of halogens is 1. The summed E-state index contributed by atoms with van der Waals surface area (Å²) in [5.41, 5.74) is 1.03. The maximum atomic E-state index is 5.90. The van der Waals surface area contributed by atoms with Crippen molar-refractivity contribution in [1.29, 1.82) is 0 Å². The van der Waals surface area contributed by atoms with Crippen LogP contribution >= 0.6 is 11.6 Å². The molecule has 2 aromatic heterocycles. The molecule has 7 nitrogen and oxygen atoms in total. The molecular formula is C21H15ClN2O5. The van der Waals surface area contributed by atoms with Crippen LogP contribution in [-0.2, 0) is 13.0 Å². The lowest BCUT2D eigenvalue weighted by molar-refractivity contribution is 0.173. The van der Waals surface area contributed by atoms with E-state index in [-0.39, 0.29) is 13.4 Å². The minimum Gasteiger partial charge on any atom is -0.486 e. The van der Waals surface area contributed by atoms with Crippen molar-refractivity contribution in [2.24, 2.45) is 0 Å². The lowest BCUT2D eigenvalue weighted by Gasteiger charge is -2.04. The quantitative estimate of drug-likeness (QED) is 0.448. The van der Waals surface area contributed by atoms with Gasteiger partial charge in [0.25, 0.3) is 5.89 Å². The van der Waals surface area contributed by atoms with Crippen LogP contribution in [0.5, 0.6) is 17.2 Å². The smallest absolute Gasteiger partial charge is 0.283 e. The van der Waals surface area contributed by atoms with Crippen LogP contribution in [-0.4, -0.2) is 17.0 Å². The normalized spacial score (nSPS) is 12.3. The number of rotatable bonds is 6. The number of nitrogens with zero attached hydrogens (tertiary/aromatic N) is 2. The van der Waals surface area contributed by atoms with Gasteiger partial charge in [-0.25, -0.2) is 0 Å². The van der Waals surface area contributed by atoms with E-state index in [1.165, 1.54) is 0 Å². The molecule has 0 atom stereocenters. The van der Waals surface area contributed by atoms with Gasteiger partial charge in [-0.3, -0.25) is 0 Å². The Balaban J connectivity index is 1.23. The Morgan fingerprint density at radius 3 is 2.66 bits per heavy atom. The van der Waals surface area contributed by atoms with E-state index in [9.17, 15) is 0 Å². The summed E-state index contributed by atoms with van der Waals surface area (Å²) in [6.45, 7) is 0.482. The number of hydrogen-bond acceptors (Lipinski definition) is 7. The summed E-state index contributed by atoms with van der Waals surface area (Å²) in [6, 6.07) is 16.5. The van der Waals surface area contributed by atoms with Gasteiger partial charge in [-0.05, 0) is 42.0 Å². The minimum atomic E-state index is 0.227. The van der Waals surface area contributed by atoms with Gasteiger partial charge < -0.3 is 23.0 Å². The van der Waals surface area contributed by atoms with Gasteiger partial charge in [0.1, 0.15) is 18.1 Å². The summed E-state index contributed by atoms with van der Waals surface area (Å²) in [7, 11) is 0. The molecule has 146 valence electrons. The van der Waals surface area contributed by atoms with Crippen molar-refractivity contribution in [3.8, 4) is 28.9 Å². The number of benzene rings is 2. The molecule has 0 saturated carbocycles. The van der Waals surface area contributed by atoms with Crippen LogP contribution < -0.4 is 14.2 Å². The Morgan fingerprint density at radius 1 is 0.897 bits per heavy atom. The Morgan fingerprint density at radius 2 is 1.76 bits per heavy atom. The average Bonchev–Trinajstić information content (AvgIpc) is 3.48. The number of furan rings is 1. The van der Waals surface area contributed by atoms with Crippen LogP contribution in [0.25, 0.3) is 11.7 Å². The Labute approximate surface area is 170 Å². The molecule has 5 rings (SSSR count).